The van der Waals surface area contributed by atoms with Crippen molar-refractivity contribution in [2.75, 3.05) is 24.5 Å². The molecular weight excluding hydrogens is 642 g/mol. The highest BCUT2D eigenvalue weighted by atomic mass is 79.9. The van der Waals surface area contributed by atoms with E-state index in [4.69, 9.17) is 4.74 Å². The molecule has 0 fully saturated rings. The molecule has 4 aromatic rings. The number of methoxy groups -OCH3 is 1. The summed E-state index contributed by atoms with van der Waals surface area (Å²) in [5.41, 5.74) is 2.85. The van der Waals surface area contributed by atoms with Crippen molar-refractivity contribution in [3.8, 4) is 5.75 Å². The van der Waals surface area contributed by atoms with E-state index in [9.17, 15) is 18.0 Å². The van der Waals surface area contributed by atoms with Gasteiger partial charge in [0.2, 0.25) is 11.8 Å². The molecule has 230 valence electrons. The fourth-order valence-corrected chi connectivity index (χ4v) is 6.65. The Kier molecular flexibility index (Phi) is 11.2. The molecule has 0 bridgehead atoms. The molecule has 0 aliphatic rings. The van der Waals surface area contributed by atoms with Crippen molar-refractivity contribution in [2.45, 2.75) is 37.8 Å². The molecule has 8 nitrogen and oxygen atoms in total. The summed E-state index contributed by atoms with van der Waals surface area (Å²) < 4.78 is 35.4. The minimum Gasteiger partial charge on any atom is -0.497 e. The molecule has 0 heterocycles. The van der Waals surface area contributed by atoms with Gasteiger partial charge in [-0.3, -0.25) is 13.9 Å². The highest BCUT2D eigenvalue weighted by Gasteiger charge is 2.34. The first-order valence-electron chi connectivity index (χ1n) is 14.2. The normalized spacial score (nSPS) is 11.8. The third kappa shape index (κ3) is 8.27. The minimum absolute atomic E-state index is 0.0508. The van der Waals surface area contributed by atoms with Crippen molar-refractivity contribution >= 4 is 43.5 Å². The summed E-state index contributed by atoms with van der Waals surface area (Å²) in [7, 11) is -2.66. The molecular formula is C34H36BrN3O5S. The van der Waals surface area contributed by atoms with E-state index in [1.165, 1.54) is 24.1 Å². The lowest BCUT2D eigenvalue weighted by atomic mass is 10.0. The first kappa shape index (κ1) is 32.8. The Morgan fingerprint density at radius 3 is 2.16 bits per heavy atom. The van der Waals surface area contributed by atoms with E-state index in [1.54, 1.807) is 36.4 Å². The summed E-state index contributed by atoms with van der Waals surface area (Å²) in [5.74, 6) is -0.302. The second kappa shape index (κ2) is 15.0. The summed E-state index contributed by atoms with van der Waals surface area (Å²) in [4.78, 5) is 29.5. The summed E-state index contributed by atoms with van der Waals surface area (Å²) >= 11 is 3.49. The molecule has 0 aromatic heterocycles. The largest absolute Gasteiger partial charge is 0.497 e. The average molecular weight is 679 g/mol. The predicted octanol–water partition coefficient (Wildman–Crippen LogP) is 5.74. The van der Waals surface area contributed by atoms with Crippen LogP contribution in [0.15, 0.2) is 112 Å². The van der Waals surface area contributed by atoms with E-state index < -0.39 is 28.5 Å². The molecule has 0 radical (unpaired) electrons. The zero-order valence-electron chi connectivity index (χ0n) is 24.9. The Hall–Kier alpha value is -4.15. The summed E-state index contributed by atoms with van der Waals surface area (Å²) in [5, 5.41) is 2.87. The van der Waals surface area contributed by atoms with Gasteiger partial charge in [0.15, 0.2) is 0 Å². The first-order valence-corrected chi connectivity index (χ1v) is 16.4. The van der Waals surface area contributed by atoms with Gasteiger partial charge in [0, 0.05) is 24.0 Å². The zero-order chi connectivity index (χ0) is 31.7. The van der Waals surface area contributed by atoms with Gasteiger partial charge < -0.3 is 15.0 Å². The van der Waals surface area contributed by atoms with Gasteiger partial charge in [-0.1, -0.05) is 76.1 Å². The number of nitrogens with zero attached hydrogens (tertiary/aromatic N) is 2. The van der Waals surface area contributed by atoms with Gasteiger partial charge in [-0.25, -0.2) is 8.42 Å². The summed E-state index contributed by atoms with van der Waals surface area (Å²) in [6, 6.07) is 29.0. The number of carbonyl (C=O) groups excluding carboxylic acids is 2. The number of anilines is 1. The molecule has 1 N–H and O–H groups in total. The number of benzene rings is 4. The lowest BCUT2D eigenvalue weighted by Crippen LogP contribution is -2.53. The number of nitrogens with one attached hydrogen (secondary N) is 1. The van der Waals surface area contributed by atoms with Crippen molar-refractivity contribution in [3.63, 3.8) is 0 Å². The second-order valence-corrected chi connectivity index (χ2v) is 13.1. The van der Waals surface area contributed by atoms with Crippen LogP contribution in [0.1, 0.15) is 23.6 Å². The molecule has 0 saturated heterocycles. The molecule has 0 aliphatic carbocycles. The number of aryl methyl sites for hydroxylation is 1. The molecule has 1 atom stereocenters. The van der Waals surface area contributed by atoms with Crippen molar-refractivity contribution < 1.29 is 22.7 Å². The van der Waals surface area contributed by atoms with Gasteiger partial charge in [-0.15, -0.1) is 0 Å². The number of carbonyl (C=O) groups is 2. The van der Waals surface area contributed by atoms with E-state index in [-0.39, 0.29) is 23.8 Å². The van der Waals surface area contributed by atoms with E-state index in [1.807, 2.05) is 68.4 Å². The quantitative estimate of drug-likeness (QED) is 0.195. The Balaban J connectivity index is 1.79. The van der Waals surface area contributed by atoms with Crippen LogP contribution in [-0.4, -0.2) is 51.4 Å². The Bertz CT molecular complexity index is 1660. The Morgan fingerprint density at radius 1 is 0.886 bits per heavy atom. The molecule has 0 aliphatic heterocycles. The molecule has 44 heavy (non-hydrogen) atoms. The zero-order valence-corrected chi connectivity index (χ0v) is 27.3. The van der Waals surface area contributed by atoms with Crippen LogP contribution < -0.4 is 14.4 Å². The monoisotopic (exact) mass is 677 g/mol. The standard InChI is InChI=1S/C34H36BrN3O5S/c1-4-36-34(40)32(22-26-9-6-5-7-10-26)37(23-27-11-8-12-28(35)21-27)33(39)24-38(29-15-17-30(43-3)18-16-29)44(41,42)31-19-13-25(2)14-20-31/h5-21,32H,4,22-24H2,1-3H3,(H,36,40). The van der Waals surface area contributed by atoms with Crippen LogP contribution in [0, 0.1) is 6.92 Å². The molecule has 0 saturated carbocycles. The minimum atomic E-state index is -4.18. The molecule has 1 unspecified atom stereocenters. The molecule has 4 rings (SSSR count). The number of hydrogen-bond donors (Lipinski definition) is 1. The van der Waals surface area contributed by atoms with E-state index in [2.05, 4.69) is 21.2 Å². The number of ether oxygens (including phenoxy) is 1. The number of amides is 2. The van der Waals surface area contributed by atoms with Gasteiger partial charge in [-0.05, 0) is 73.5 Å². The fourth-order valence-electron chi connectivity index (χ4n) is 4.79. The number of halogens is 1. The van der Waals surface area contributed by atoms with Crippen molar-refractivity contribution in [1.29, 1.82) is 0 Å². The van der Waals surface area contributed by atoms with Gasteiger partial charge >= 0.3 is 0 Å². The lowest BCUT2D eigenvalue weighted by molar-refractivity contribution is -0.140. The SMILES string of the molecule is CCNC(=O)C(Cc1ccccc1)N(Cc1cccc(Br)c1)C(=O)CN(c1ccc(OC)cc1)S(=O)(=O)c1ccc(C)cc1. The summed E-state index contributed by atoms with van der Waals surface area (Å²) in [6.45, 7) is 3.63. The topological polar surface area (TPSA) is 96.0 Å². The fraction of sp³-hybridized carbons (Fsp3) is 0.235. The highest BCUT2D eigenvalue weighted by Crippen LogP contribution is 2.27. The third-order valence-electron chi connectivity index (χ3n) is 7.11. The maximum Gasteiger partial charge on any atom is 0.264 e. The molecule has 4 aromatic carbocycles. The first-order chi connectivity index (χ1) is 21.1. The maximum atomic E-state index is 14.4. The van der Waals surface area contributed by atoms with Gasteiger partial charge in [0.25, 0.3) is 10.0 Å². The number of likely N-dealkylation sites (N-methyl/N-ethyl adjacent to an activating group) is 1. The van der Waals surface area contributed by atoms with Crippen LogP contribution in [0.5, 0.6) is 5.75 Å². The highest BCUT2D eigenvalue weighted by molar-refractivity contribution is 9.10. The average Bonchev–Trinajstić information content (AvgIpc) is 3.02. The van der Waals surface area contributed by atoms with Gasteiger partial charge in [0.1, 0.15) is 18.3 Å². The predicted molar refractivity (Wildman–Crippen MR) is 176 cm³/mol. The lowest BCUT2D eigenvalue weighted by Gasteiger charge is -2.34. The van der Waals surface area contributed by atoms with E-state index in [0.29, 0.717) is 18.0 Å². The van der Waals surface area contributed by atoms with Crippen LogP contribution in [-0.2, 0) is 32.6 Å². The molecule has 2 amide bonds. The second-order valence-electron chi connectivity index (χ2n) is 10.3. The Labute approximate surface area is 267 Å². The number of hydrogen-bond acceptors (Lipinski definition) is 5. The van der Waals surface area contributed by atoms with Crippen LogP contribution in [0.3, 0.4) is 0 Å². The molecule has 0 spiro atoms. The summed E-state index contributed by atoms with van der Waals surface area (Å²) in [6.07, 6.45) is 0.250. The van der Waals surface area contributed by atoms with Crippen molar-refractivity contribution in [1.82, 2.24) is 10.2 Å². The maximum absolute atomic E-state index is 14.4. The van der Waals surface area contributed by atoms with Crippen LogP contribution in [0.4, 0.5) is 5.69 Å². The third-order valence-corrected chi connectivity index (χ3v) is 9.39. The van der Waals surface area contributed by atoms with Crippen LogP contribution in [0.25, 0.3) is 0 Å². The number of rotatable bonds is 13. The Morgan fingerprint density at radius 2 is 1.55 bits per heavy atom. The van der Waals surface area contributed by atoms with Crippen molar-refractivity contribution in [2.24, 2.45) is 0 Å². The van der Waals surface area contributed by atoms with Gasteiger partial charge in [0.05, 0.1) is 17.7 Å². The number of sulfonamides is 1. The van der Waals surface area contributed by atoms with Gasteiger partial charge in [-0.2, -0.15) is 0 Å². The van der Waals surface area contributed by atoms with Crippen LogP contribution >= 0.6 is 15.9 Å². The van der Waals surface area contributed by atoms with E-state index >= 15 is 0 Å². The van der Waals surface area contributed by atoms with Crippen molar-refractivity contribution in [3.05, 3.63) is 124 Å². The van der Waals surface area contributed by atoms with E-state index in [0.717, 1.165) is 25.5 Å². The van der Waals surface area contributed by atoms with Crippen LogP contribution in [0.2, 0.25) is 0 Å². The smallest absolute Gasteiger partial charge is 0.264 e. The molecule has 10 heteroatoms.